The molecule has 2 unspecified atom stereocenters. The van der Waals surface area contributed by atoms with Crippen LogP contribution in [0.4, 0.5) is 0 Å². The number of rotatable bonds is 3. The van der Waals surface area contributed by atoms with Crippen LogP contribution in [0.5, 0.6) is 0 Å². The van der Waals surface area contributed by atoms with Gasteiger partial charge in [0.2, 0.25) is 11.9 Å². The van der Waals surface area contributed by atoms with Crippen molar-refractivity contribution in [2.24, 2.45) is 5.92 Å². The quantitative estimate of drug-likeness (QED) is 0.851. The first kappa shape index (κ1) is 13.7. The van der Waals surface area contributed by atoms with Gasteiger partial charge >= 0.3 is 0 Å². The van der Waals surface area contributed by atoms with Crippen LogP contribution in [-0.4, -0.2) is 39.0 Å². The Morgan fingerprint density at radius 2 is 2.33 bits per heavy atom. The van der Waals surface area contributed by atoms with Gasteiger partial charge in [0.05, 0.1) is 17.7 Å². The molecule has 1 saturated heterocycles. The molecular formula is C14H18N6O. The monoisotopic (exact) mass is 286 g/mol. The van der Waals surface area contributed by atoms with E-state index < -0.39 is 0 Å². The Hall–Kier alpha value is -2.28. The molecule has 2 aromatic heterocycles. The average Bonchev–Trinajstić information content (AvgIpc) is 3.16. The summed E-state index contributed by atoms with van der Waals surface area (Å²) in [6.07, 6.45) is 5.97. The molecule has 1 amide bonds. The van der Waals surface area contributed by atoms with Crippen LogP contribution in [0.25, 0.3) is 5.95 Å². The molecule has 3 rings (SSSR count). The van der Waals surface area contributed by atoms with E-state index in [1.165, 1.54) is 0 Å². The summed E-state index contributed by atoms with van der Waals surface area (Å²) >= 11 is 0. The fraction of sp³-hybridized carbons (Fsp3) is 0.429. The van der Waals surface area contributed by atoms with Crippen LogP contribution in [0.2, 0.25) is 0 Å². The standard InChI is InChI=1S/C14H18N6O/c1-9-7-11(12-10(3-4-17-12)13(21)15-2)19-14(18-9)20-6-5-16-8-20/h5-8,10,12,17H,3-4H2,1-2H3,(H,15,21). The lowest BCUT2D eigenvalue weighted by Gasteiger charge is -2.18. The van der Waals surface area contributed by atoms with E-state index in [4.69, 9.17) is 0 Å². The Bertz CT molecular complexity index is 639. The largest absolute Gasteiger partial charge is 0.359 e. The smallest absolute Gasteiger partial charge is 0.235 e. The minimum Gasteiger partial charge on any atom is -0.359 e. The van der Waals surface area contributed by atoms with E-state index in [1.54, 1.807) is 30.3 Å². The van der Waals surface area contributed by atoms with E-state index in [0.29, 0.717) is 5.95 Å². The normalized spacial score (nSPS) is 21.4. The van der Waals surface area contributed by atoms with Crippen molar-refractivity contribution in [2.45, 2.75) is 19.4 Å². The maximum atomic E-state index is 12.0. The minimum absolute atomic E-state index is 0.0467. The van der Waals surface area contributed by atoms with Gasteiger partial charge in [-0.25, -0.2) is 15.0 Å². The predicted molar refractivity (Wildman–Crippen MR) is 76.8 cm³/mol. The summed E-state index contributed by atoms with van der Waals surface area (Å²) in [6.45, 7) is 2.74. The van der Waals surface area contributed by atoms with E-state index in [-0.39, 0.29) is 17.9 Å². The highest BCUT2D eigenvalue weighted by Crippen LogP contribution is 2.29. The third-order valence-electron chi connectivity index (χ3n) is 3.72. The molecule has 0 aliphatic carbocycles. The molecule has 0 saturated carbocycles. The summed E-state index contributed by atoms with van der Waals surface area (Å²) in [7, 11) is 1.67. The van der Waals surface area contributed by atoms with Crippen molar-refractivity contribution in [1.29, 1.82) is 0 Å². The molecule has 1 fully saturated rings. The Morgan fingerprint density at radius 3 is 3.05 bits per heavy atom. The number of carbonyl (C=O) groups is 1. The minimum atomic E-state index is -0.0973. The molecule has 21 heavy (non-hydrogen) atoms. The Morgan fingerprint density at radius 1 is 1.48 bits per heavy atom. The van der Waals surface area contributed by atoms with Crippen LogP contribution in [0.3, 0.4) is 0 Å². The summed E-state index contributed by atoms with van der Waals surface area (Å²) in [5.41, 5.74) is 1.71. The third-order valence-corrected chi connectivity index (χ3v) is 3.72. The van der Waals surface area contributed by atoms with Gasteiger partial charge in [0.15, 0.2) is 0 Å². The first-order valence-electron chi connectivity index (χ1n) is 6.98. The Kier molecular flexibility index (Phi) is 3.66. The average molecular weight is 286 g/mol. The van der Waals surface area contributed by atoms with E-state index in [2.05, 4.69) is 25.6 Å². The third kappa shape index (κ3) is 2.64. The summed E-state index contributed by atoms with van der Waals surface area (Å²) in [6, 6.07) is 1.85. The van der Waals surface area contributed by atoms with Gasteiger partial charge in [-0.3, -0.25) is 9.36 Å². The molecule has 0 bridgehead atoms. The highest BCUT2D eigenvalue weighted by molar-refractivity contribution is 5.79. The van der Waals surface area contributed by atoms with E-state index in [9.17, 15) is 4.79 Å². The van der Waals surface area contributed by atoms with Gasteiger partial charge in [0.25, 0.3) is 0 Å². The van der Waals surface area contributed by atoms with Gasteiger partial charge in [-0.2, -0.15) is 0 Å². The molecular weight excluding hydrogens is 268 g/mol. The van der Waals surface area contributed by atoms with Crippen molar-refractivity contribution >= 4 is 5.91 Å². The van der Waals surface area contributed by atoms with Crippen molar-refractivity contribution < 1.29 is 4.79 Å². The van der Waals surface area contributed by atoms with Crippen molar-refractivity contribution in [3.05, 3.63) is 36.2 Å². The number of hydrogen-bond donors (Lipinski definition) is 2. The molecule has 0 spiro atoms. The molecule has 0 aromatic carbocycles. The summed E-state index contributed by atoms with van der Waals surface area (Å²) in [4.78, 5) is 25.0. The Labute approximate surface area is 122 Å². The maximum absolute atomic E-state index is 12.0. The van der Waals surface area contributed by atoms with E-state index in [0.717, 1.165) is 24.4 Å². The van der Waals surface area contributed by atoms with Gasteiger partial charge in [0.1, 0.15) is 6.33 Å². The molecule has 2 atom stereocenters. The van der Waals surface area contributed by atoms with Crippen LogP contribution in [-0.2, 0) is 4.79 Å². The van der Waals surface area contributed by atoms with Crippen molar-refractivity contribution in [1.82, 2.24) is 30.2 Å². The molecule has 110 valence electrons. The second-order valence-corrected chi connectivity index (χ2v) is 5.15. The summed E-state index contributed by atoms with van der Waals surface area (Å²) in [5, 5.41) is 6.09. The molecule has 2 aromatic rings. The first-order valence-corrected chi connectivity index (χ1v) is 6.98. The fourth-order valence-corrected chi connectivity index (χ4v) is 2.71. The van der Waals surface area contributed by atoms with Gasteiger partial charge < -0.3 is 10.6 Å². The second kappa shape index (κ2) is 5.61. The van der Waals surface area contributed by atoms with Crippen LogP contribution < -0.4 is 10.6 Å². The van der Waals surface area contributed by atoms with Gasteiger partial charge in [-0.1, -0.05) is 0 Å². The zero-order chi connectivity index (χ0) is 14.8. The second-order valence-electron chi connectivity index (χ2n) is 5.15. The molecule has 1 aliphatic rings. The molecule has 7 nitrogen and oxygen atoms in total. The fourth-order valence-electron chi connectivity index (χ4n) is 2.71. The highest BCUT2D eigenvalue weighted by Gasteiger charge is 2.34. The summed E-state index contributed by atoms with van der Waals surface area (Å²) < 4.78 is 1.76. The van der Waals surface area contributed by atoms with Crippen LogP contribution >= 0.6 is 0 Å². The topological polar surface area (TPSA) is 84.7 Å². The zero-order valence-electron chi connectivity index (χ0n) is 12.1. The number of amides is 1. The number of aromatic nitrogens is 4. The van der Waals surface area contributed by atoms with Crippen LogP contribution in [0, 0.1) is 12.8 Å². The predicted octanol–water partition coefficient (Wildman–Crippen LogP) is 0.367. The first-order chi connectivity index (χ1) is 10.2. The van der Waals surface area contributed by atoms with E-state index >= 15 is 0 Å². The van der Waals surface area contributed by atoms with Crippen LogP contribution in [0.15, 0.2) is 24.8 Å². The molecule has 2 N–H and O–H groups in total. The lowest BCUT2D eigenvalue weighted by Crippen LogP contribution is -2.32. The molecule has 1 aliphatic heterocycles. The van der Waals surface area contributed by atoms with Crippen LogP contribution in [0.1, 0.15) is 23.9 Å². The Balaban J connectivity index is 1.97. The number of carbonyl (C=O) groups excluding carboxylic acids is 1. The number of nitrogens with one attached hydrogen (secondary N) is 2. The highest BCUT2D eigenvalue weighted by atomic mass is 16.1. The lowest BCUT2D eigenvalue weighted by molar-refractivity contribution is -0.124. The zero-order valence-corrected chi connectivity index (χ0v) is 12.1. The molecule has 7 heteroatoms. The molecule has 0 radical (unpaired) electrons. The lowest BCUT2D eigenvalue weighted by atomic mass is 9.96. The van der Waals surface area contributed by atoms with Crippen molar-refractivity contribution in [3.8, 4) is 5.95 Å². The van der Waals surface area contributed by atoms with Gasteiger partial charge in [-0.15, -0.1) is 0 Å². The molecule has 3 heterocycles. The van der Waals surface area contributed by atoms with E-state index in [1.807, 2.05) is 13.0 Å². The number of aryl methyl sites for hydroxylation is 1. The number of hydrogen-bond acceptors (Lipinski definition) is 5. The van der Waals surface area contributed by atoms with Crippen molar-refractivity contribution in [3.63, 3.8) is 0 Å². The van der Waals surface area contributed by atoms with Crippen molar-refractivity contribution in [2.75, 3.05) is 13.6 Å². The summed E-state index contributed by atoms with van der Waals surface area (Å²) in [5.74, 6) is 0.525. The van der Waals surface area contributed by atoms with Gasteiger partial charge in [0, 0.05) is 25.1 Å². The number of nitrogens with zero attached hydrogens (tertiary/aromatic N) is 4. The maximum Gasteiger partial charge on any atom is 0.235 e. The SMILES string of the molecule is CNC(=O)C1CCNC1c1cc(C)nc(-n2ccnc2)n1. The van der Waals surface area contributed by atoms with Gasteiger partial charge in [-0.05, 0) is 26.0 Å². The number of imidazole rings is 1.